The molecular formula is C11H23ClN4O2. The zero-order chi connectivity index (χ0) is 12.7. The van der Waals surface area contributed by atoms with Gasteiger partial charge in [-0.15, -0.1) is 12.4 Å². The van der Waals surface area contributed by atoms with Crippen LogP contribution in [0.25, 0.3) is 0 Å². The number of carbonyl (C=O) groups excluding carboxylic acids is 2. The van der Waals surface area contributed by atoms with E-state index in [-0.39, 0.29) is 18.3 Å². The van der Waals surface area contributed by atoms with Crippen LogP contribution in [0.3, 0.4) is 0 Å². The standard InChI is InChI=1S/C11H22N4O2.ClH/c1-3-13-11(17)14-10(16)8-15-5-4-9(7-15)6-12-2;/h9,12H,3-8H2,1-2H3,(H2,13,14,16,17);1H. The normalized spacial score (nSPS) is 19.1. The maximum absolute atomic E-state index is 11.5. The Balaban J connectivity index is 0.00000289. The van der Waals surface area contributed by atoms with Gasteiger partial charge in [-0.2, -0.15) is 0 Å². The van der Waals surface area contributed by atoms with Crippen LogP contribution in [0.2, 0.25) is 0 Å². The van der Waals surface area contributed by atoms with Crippen LogP contribution in [0.15, 0.2) is 0 Å². The van der Waals surface area contributed by atoms with E-state index >= 15 is 0 Å². The number of nitrogens with one attached hydrogen (secondary N) is 3. The fourth-order valence-electron chi connectivity index (χ4n) is 2.09. The second-order valence-electron chi connectivity index (χ2n) is 4.36. The molecule has 1 fully saturated rings. The third kappa shape index (κ3) is 6.18. The fourth-order valence-corrected chi connectivity index (χ4v) is 2.09. The fraction of sp³-hybridized carbons (Fsp3) is 0.818. The summed E-state index contributed by atoms with van der Waals surface area (Å²) in [5.41, 5.74) is 0. The minimum Gasteiger partial charge on any atom is -0.338 e. The molecule has 18 heavy (non-hydrogen) atoms. The van der Waals surface area contributed by atoms with Crippen LogP contribution in [-0.4, -0.2) is 56.6 Å². The minimum atomic E-state index is -0.413. The van der Waals surface area contributed by atoms with Crippen LogP contribution in [0.4, 0.5) is 4.79 Å². The van der Waals surface area contributed by atoms with Crippen molar-refractivity contribution in [1.82, 2.24) is 20.9 Å². The highest BCUT2D eigenvalue weighted by atomic mass is 35.5. The highest BCUT2D eigenvalue weighted by Crippen LogP contribution is 2.14. The maximum Gasteiger partial charge on any atom is 0.321 e. The Bertz CT molecular complexity index is 276. The van der Waals surface area contributed by atoms with Crippen molar-refractivity contribution in [3.63, 3.8) is 0 Å². The van der Waals surface area contributed by atoms with Gasteiger partial charge < -0.3 is 10.6 Å². The molecule has 1 atom stereocenters. The maximum atomic E-state index is 11.5. The molecule has 0 aliphatic carbocycles. The van der Waals surface area contributed by atoms with Gasteiger partial charge in [0.2, 0.25) is 5.91 Å². The van der Waals surface area contributed by atoms with Gasteiger partial charge in [0, 0.05) is 13.1 Å². The first-order valence-electron chi connectivity index (χ1n) is 6.10. The summed E-state index contributed by atoms with van der Waals surface area (Å²) in [6, 6.07) is -0.413. The van der Waals surface area contributed by atoms with E-state index in [1.807, 2.05) is 14.0 Å². The van der Waals surface area contributed by atoms with Crippen LogP contribution in [-0.2, 0) is 4.79 Å². The first-order chi connectivity index (χ1) is 8.15. The zero-order valence-corrected chi connectivity index (χ0v) is 11.8. The Hall–Kier alpha value is -0.850. The molecule has 0 bridgehead atoms. The summed E-state index contributed by atoms with van der Waals surface area (Å²) in [5, 5.41) is 7.98. The predicted octanol–water partition coefficient (Wildman–Crippen LogP) is -0.205. The molecule has 0 aromatic rings. The Morgan fingerprint density at radius 1 is 1.39 bits per heavy atom. The molecule has 3 amide bonds. The molecule has 1 rings (SSSR count). The van der Waals surface area contributed by atoms with Crippen molar-refractivity contribution in [1.29, 1.82) is 0 Å². The molecule has 0 aromatic heterocycles. The van der Waals surface area contributed by atoms with Crippen LogP contribution < -0.4 is 16.0 Å². The highest BCUT2D eigenvalue weighted by Gasteiger charge is 2.23. The summed E-state index contributed by atoms with van der Waals surface area (Å²) < 4.78 is 0. The van der Waals surface area contributed by atoms with Crippen molar-refractivity contribution in [2.24, 2.45) is 5.92 Å². The summed E-state index contributed by atoms with van der Waals surface area (Å²) in [7, 11) is 1.93. The molecule has 1 unspecified atom stereocenters. The van der Waals surface area contributed by atoms with Gasteiger partial charge in [0.15, 0.2) is 0 Å². The number of imide groups is 1. The third-order valence-electron chi connectivity index (χ3n) is 2.82. The first kappa shape index (κ1) is 17.2. The Morgan fingerprint density at radius 2 is 2.11 bits per heavy atom. The van der Waals surface area contributed by atoms with Crippen molar-refractivity contribution < 1.29 is 9.59 Å². The molecular weight excluding hydrogens is 256 g/mol. The topological polar surface area (TPSA) is 73.5 Å². The van der Waals surface area contributed by atoms with Crippen molar-refractivity contribution in [2.45, 2.75) is 13.3 Å². The van der Waals surface area contributed by atoms with Crippen LogP contribution in [0, 0.1) is 5.92 Å². The quantitative estimate of drug-likeness (QED) is 0.651. The SMILES string of the molecule is CCNC(=O)NC(=O)CN1CCC(CNC)C1.Cl. The number of urea groups is 1. The molecule has 106 valence electrons. The lowest BCUT2D eigenvalue weighted by molar-refractivity contribution is -0.120. The van der Waals surface area contributed by atoms with E-state index in [0.29, 0.717) is 19.0 Å². The molecule has 1 aliphatic heterocycles. The van der Waals surface area contributed by atoms with Gasteiger partial charge in [-0.05, 0) is 39.4 Å². The number of halogens is 1. The molecule has 6 nitrogen and oxygen atoms in total. The molecule has 7 heteroatoms. The Morgan fingerprint density at radius 3 is 2.72 bits per heavy atom. The van der Waals surface area contributed by atoms with Gasteiger partial charge in [0.25, 0.3) is 0 Å². The highest BCUT2D eigenvalue weighted by molar-refractivity contribution is 5.95. The van der Waals surface area contributed by atoms with E-state index in [9.17, 15) is 9.59 Å². The number of carbonyl (C=O) groups is 2. The molecule has 0 aromatic carbocycles. The molecule has 0 radical (unpaired) electrons. The first-order valence-corrected chi connectivity index (χ1v) is 6.10. The van der Waals surface area contributed by atoms with E-state index in [1.165, 1.54) is 0 Å². The molecule has 1 saturated heterocycles. The van der Waals surface area contributed by atoms with Gasteiger partial charge in [-0.3, -0.25) is 15.0 Å². The van der Waals surface area contributed by atoms with E-state index in [0.717, 1.165) is 26.1 Å². The number of rotatable bonds is 5. The number of amides is 3. The van der Waals surface area contributed by atoms with E-state index in [2.05, 4.69) is 20.9 Å². The van der Waals surface area contributed by atoms with E-state index in [4.69, 9.17) is 0 Å². The lowest BCUT2D eigenvalue weighted by Crippen LogP contribution is -2.44. The second-order valence-corrected chi connectivity index (χ2v) is 4.36. The molecule has 1 heterocycles. The molecule has 0 spiro atoms. The molecule has 1 aliphatic rings. The van der Waals surface area contributed by atoms with Crippen LogP contribution >= 0.6 is 12.4 Å². The number of nitrogens with zero attached hydrogens (tertiary/aromatic N) is 1. The predicted molar refractivity (Wildman–Crippen MR) is 72.9 cm³/mol. The largest absolute Gasteiger partial charge is 0.338 e. The smallest absolute Gasteiger partial charge is 0.321 e. The second kappa shape index (κ2) is 9.13. The van der Waals surface area contributed by atoms with Gasteiger partial charge in [-0.1, -0.05) is 0 Å². The van der Waals surface area contributed by atoms with Gasteiger partial charge in [0.1, 0.15) is 0 Å². The lowest BCUT2D eigenvalue weighted by atomic mass is 10.1. The molecule has 3 N–H and O–H groups in total. The van der Waals surface area contributed by atoms with Gasteiger partial charge in [-0.25, -0.2) is 4.79 Å². The summed E-state index contributed by atoms with van der Waals surface area (Å²) in [4.78, 5) is 24.7. The number of likely N-dealkylation sites (tertiary alicyclic amines) is 1. The summed E-state index contributed by atoms with van der Waals surface area (Å²) >= 11 is 0. The van der Waals surface area contributed by atoms with Crippen molar-refractivity contribution >= 4 is 24.3 Å². The lowest BCUT2D eigenvalue weighted by Gasteiger charge is -2.15. The zero-order valence-electron chi connectivity index (χ0n) is 11.0. The number of hydrogen-bond acceptors (Lipinski definition) is 4. The van der Waals surface area contributed by atoms with Gasteiger partial charge >= 0.3 is 6.03 Å². The van der Waals surface area contributed by atoms with E-state index in [1.54, 1.807) is 0 Å². The van der Waals surface area contributed by atoms with Crippen molar-refractivity contribution in [2.75, 3.05) is 39.8 Å². The van der Waals surface area contributed by atoms with Crippen LogP contribution in [0.5, 0.6) is 0 Å². The van der Waals surface area contributed by atoms with Crippen LogP contribution in [0.1, 0.15) is 13.3 Å². The number of hydrogen-bond donors (Lipinski definition) is 3. The summed E-state index contributed by atoms with van der Waals surface area (Å²) in [6.07, 6.45) is 1.11. The van der Waals surface area contributed by atoms with Crippen molar-refractivity contribution in [3.8, 4) is 0 Å². The summed E-state index contributed by atoms with van der Waals surface area (Å²) in [6.45, 7) is 5.46. The Labute approximate surface area is 114 Å². The average molecular weight is 279 g/mol. The Kier molecular flexibility index (Phi) is 8.70. The molecule has 0 saturated carbocycles. The monoisotopic (exact) mass is 278 g/mol. The van der Waals surface area contributed by atoms with E-state index < -0.39 is 6.03 Å². The van der Waals surface area contributed by atoms with Crippen molar-refractivity contribution in [3.05, 3.63) is 0 Å². The third-order valence-corrected chi connectivity index (χ3v) is 2.82. The minimum absolute atomic E-state index is 0. The average Bonchev–Trinajstić information content (AvgIpc) is 2.66. The summed E-state index contributed by atoms with van der Waals surface area (Å²) in [5.74, 6) is 0.373. The van der Waals surface area contributed by atoms with Gasteiger partial charge in [0.05, 0.1) is 6.54 Å².